The van der Waals surface area contributed by atoms with Gasteiger partial charge in [-0.15, -0.1) is 0 Å². The molecule has 0 spiro atoms. The predicted molar refractivity (Wildman–Crippen MR) is 98.2 cm³/mol. The van der Waals surface area contributed by atoms with Gasteiger partial charge in [-0.25, -0.2) is 4.98 Å². The summed E-state index contributed by atoms with van der Waals surface area (Å²) in [6.45, 7) is 1.98. The van der Waals surface area contributed by atoms with Crippen molar-refractivity contribution >= 4 is 38.4 Å². The van der Waals surface area contributed by atoms with E-state index < -0.39 is 0 Å². The van der Waals surface area contributed by atoms with Crippen LogP contribution in [0.2, 0.25) is 0 Å². The monoisotopic (exact) mass is 385 g/mol. The van der Waals surface area contributed by atoms with Gasteiger partial charge in [0.1, 0.15) is 6.54 Å². The fourth-order valence-electron chi connectivity index (χ4n) is 2.47. The van der Waals surface area contributed by atoms with E-state index in [1.54, 1.807) is 12.1 Å². The van der Waals surface area contributed by atoms with E-state index in [0.29, 0.717) is 10.9 Å². The minimum atomic E-state index is -0.263. The van der Waals surface area contributed by atoms with Crippen molar-refractivity contribution in [1.29, 1.82) is 0 Å². The number of rotatable bonds is 4. The van der Waals surface area contributed by atoms with Crippen LogP contribution in [0.15, 0.2) is 58.1 Å². The summed E-state index contributed by atoms with van der Waals surface area (Å²) >= 11 is 3.34. The number of halogens is 1. The summed E-state index contributed by atoms with van der Waals surface area (Å²) in [6, 6.07) is 13.0. The van der Waals surface area contributed by atoms with E-state index in [2.05, 4.69) is 33.2 Å². The Balaban J connectivity index is 1.82. The fourth-order valence-corrected chi connectivity index (χ4v) is 2.83. The number of fused-ring (bicyclic) bond motifs is 1. The minimum absolute atomic E-state index is 0.0787. The van der Waals surface area contributed by atoms with Crippen LogP contribution in [0.5, 0.6) is 0 Å². The van der Waals surface area contributed by atoms with Crippen molar-refractivity contribution in [3.63, 3.8) is 0 Å². The van der Waals surface area contributed by atoms with Crippen molar-refractivity contribution in [1.82, 2.24) is 9.55 Å². The summed E-state index contributed by atoms with van der Waals surface area (Å²) in [5, 5.41) is 3.30. The summed E-state index contributed by atoms with van der Waals surface area (Å²) in [7, 11) is 0. The van der Waals surface area contributed by atoms with Gasteiger partial charge >= 0.3 is 0 Å². The number of carbonyl (C=O) groups excluding carboxylic acids is 1. The van der Waals surface area contributed by atoms with Crippen LogP contribution in [0.3, 0.4) is 0 Å². The number of hydrogen-bond donors (Lipinski definition) is 1. The zero-order valence-corrected chi connectivity index (χ0v) is 14.7. The Morgan fingerprint density at radius 1 is 1.25 bits per heavy atom. The first-order chi connectivity index (χ1) is 11.6. The molecule has 0 fully saturated rings. The number of aryl methyl sites for hydroxylation is 1. The average Bonchev–Trinajstić information content (AvgIpc) is 2.58. The molecular weight excluding hydrogens is 370 g/mol. The third kappa shape index (κ3) is 3.54. The maximum atomic E-state index is 12.5. The van der Waals surface area contributed by atoms with Gasteiger partial charge in [-0.1, -0.05) is 35.0 Å². The maximum absolute atomic E-state index is 12.5. The average molecular weight is 386 g/mol. The van der Waals surface area contributed by atoms with Crippen LogP contribution in [0.1, 0.15) is 12.5 Å². The largest absolute Gasteiger partial charge is 0.325 e. The molecule has 122 valence electrons. The summed E-state index contributed by atoms with van der Waals surface area (Å²) < 4.78 is 2.11. The summed E-state index contributed by atoms with van der Waals surface area (Å²) in [5.41, 5.74) is 2.24. The lowest BCUT2D eigenvalue weighted by atomic mass is 10.1. The Hall–Kier alpha value is -2.47. The van der Waals surface area contributed by atoms with E-state index in [1.165, 1.54) is 10.9 Å². The van der Waals surface area contributed by atoms with Crippen LogP contribution in [-0.4, -0.2) is 15.5 Å². The van der Waals surface area contributed by atoms with Gasteiger partial charge in [0.2, 0.25) is 5.91 Å². The molecule has 6 heteroatoms. The molecule has 0 atom stereocenters. The van der Waals surface area contributed by atoms with Crippen LogP contribution in [0, 0.1) is 0 Å². The molecule has 3 aromatic rings. The molecule has 0 aliphatic heterocycles. The highest BCUT2D eigenvalue weighted by Gasteiger charge is 2.09. The quantitative estimate of drug-likeness (QED) is 0.748. The topological polar surface area (TPSA) is 64.0 Å². The zero-order valence-electron chi connectivity index (χ0n) is 13.1. The minimum Gasteiger partial charge on any atom is -0.325 e. The maximum Gasteiger partial charge on any atom is 0.261 e. The van der Waals surface area contributed by atoms with Gasteiger partial charge in [-0.05, 0) is 42.3 Å². The number of anilines is 1. The molecule has 24 heavy (non-hydrogen) atoms. The van der Waals surface area contributed by atoms with Crippen LogP contribution in [0.4, 0.5) is 5.69 Å². The molecule has 0 saturated heterocycles. The molecule has 2 aromatic carbocycles. The van der Waals surface area contributed by atoms with Crippen LogP contribution in [-0.2, 0) is 17.8 Å². The normalized spacial score (nSPS) is 10.8. The Morgan fingerprint density at radius 3 is 2.88 bits per heavy atom. The zero-order chi connectivity index (χ0) is 17.1. The third-order valence-corrected chi connectivity index (χ3v) is 4.21. The first-order valence-corrected chi connectivity index (χ1v) is 8.39. The van der Waals surface area contributed by atoms with Gasteiger partial charge in [-0.2, -0.15) is 0 Å². The second kappa shape index (κ2) is 6.97. The van der Waals surface area contributed by atoms with Crippen molar-refractivity contribution in [2.45, 2.75) is 19.9 Å². The number of nitrogens with one attached hydrogen (secondary N) is 1. The second-order valence-corrected chi connectivity index (χ2v) is 6.36. The second-order valence-electron chi connectivity index (χ2n) is 5.44. The Kier molecular flexibility index (Phi) is 4.76. The van der Waals surface area contributed by atoms with Gasteiger partial charge in [-0.3, -0.25) is 14.2 Å². The van der Waals surface area contributed by atoms with Crippen LogP contribution in [0.25, 0.3) is 10.9 Å². The Bertz CT molecular complexity index is 966. The van der Waals surface area contributed by atoms with Gasteiger partial charge in [0.05, 0.1) is 17.2 Å². The number of nitrogens with zero attached hydrogens (tertiary/aromatic N) is 2. The summed E-state index contributed by atoms with van der Waals surface area (Å²) in [5.74, 6) is -0.263. The SMILES string of the molecule is CCc1cccc(NC(=O)Cn2cnc3ccc(Br)cc3c2=O)c1. The molecular formula is C18H16BrN3O2. The van der Waals surface area contributed by atoms with Crippen molar-refractivity contribution in [2.24, 2.45) is 0 Å². The highest BCUT2D eigenvalue weighted by atomic mass is 79.9. The van der Waals surface area contributed by atoms with Crippen molar-refractivity contribution in [2.75, 3.05) is 5.32 Å². The number of hydrogen-bond acceptors (Lipinski definition) is 3. The molecule has 1 heterocycles. The standard InChI is InChI=1S/C18H16BrN3O2/c1-2-12-4-3-5-14(8-12)21-17(23)10-22-11-20-16-7-6-13(19)9-15(16)18(22)24/h3-9,11H,2,10H2,1H3,(H,21,23). The number of carbonyl (C=O) groups is 1. The molecule has 1 aromatic heterocycles. The molecule has 1 amide bonds. The molecule has 1 N–H and O–H groups in total. The van der Waals surface area contributed by atoms with Gasteiger partial charge < -0.3 is 5.32 Å². The Labute approximate surface area is 147 Å². The summed E-state index contributed by atoms with van der Waals surface area (Å²) in [4.78, 5) is 29.0. The third-order valence-electron chi connectivity index (χ3n) is 3.72. The van der Waals surface area contributed by atoms with Gasteiger partial charge in [0.25, 0.3) is 5.56 Å². The van der Waals surface area contributed by atoms with Crippen molar-refractivity contribution in [3.05, 3.63) is 69.2 Å². The molecule has 0 aliphatic rings. The highest BCUT2D eigenvalue weighted by molar-refractivity contribution is 9.10. The van der Waals surface area contributed by atoms with E-state index in [9.17, 15) is 9.59 Å². The molecule has 0 bridgehead atoms. The smallest absolute Gasteiger partial charge is 0.261 e. The molecule has 0 aliphatic carbocycles. The van der Waals surface area contributed by atoms with Crippen molar-refractivity contribution < 1.29 is 4.79 Å². The van der Waals surface area contributed by atoms with Crippen LogP contribution < -0.4 is 10.9 Å². The lowest BCUT2D eigenvalue weighted by Crippen LogP contribution is -2.27. The summed E-state index contributed by atoms with van der Waals surface area (Å²) in [6.07, 6.45) is 2.30. The van der Waals surface area contributed by atoms with Gasteiger partial charge in [0.15, 0.2) is 0 Å². The van der Waals surface area contributed by atoms with E-state index in [1.807, 2.05) is 30.3 Å². The lowest BCUT2D eigenvalue weighted by Gasteiger charge is -2.09. The van der Waals surface area contributed by atoms with E-state index in [0.717, 1.165) is 22.1 Å². The number of amides is 1. The van der Waals surface area contributed by atoms with Crippen LogP contribution >= 0.6 is 15.9 Å². The van der Waals surface area contributed by atoms with Crippen molar-refractivity contribution in [3.8, 4) is 0 Å². The van der Waals surface area contributed by atoms with E-state index >= 15 is 0 Å². The molecule has 0 radical (unpaired) electrons. The number of benzene rings is 2. The molecule has 5 nitrogen and oxygen atoms in total. The molecule has 3 rings (SSSR count). The van der Waals surface area contributed by atoms with E-state index in [4.69, 9.17) is 0 Å². The first kappa shape index (κ1) is 16.4. The first-order valence-electron chi connectivity index (χ1n) is 7.60. The lowest BCUT2D eigenvalue weighted by molar-refractivity contribution is -0.116. The highest BCUT2D eigenvalue weighted by Crippen LogP contribution is 2.15. The number of aromatic nitrogens is 2. The Morgan fingerprint density at radius 2 is 2.08 bits per heavy atom. The molecule has 0 saturated carbocycles. The predicted octanol–water partition coefficient (Wildman–Crippen LogP) is 3.36. The van der Waals surface area contributed by atoms with E-state index in [-0.39, 0.29) is 18.0 Å². The molecule has 0 unspecified atom stereocenters. The fraction of sp³-hybridized carbons (Fsp3) is 0.167. The van der Waals surface area contributed by atoms with Gasteiger partial charge in [0, 0.05) is 10.2 Å².